The third kappa shape index (κ3) is 11.2. The summed E-state index contributed by atoms with van der Waals surface area (Å²) in [5.41, 5.74) is 5.84. The molecule has 2 aliphatic heterocycles. The van der Waals surface area contributed by atoms with Crippen LogP contribution in [0.4, 0.5) is 4.39 Å². The van der Waals surface area contributed by atoms with E-state index < -0.39 is 47.1 Å². The van der Waals surface area contributed by atoms with Crippen LogP contribution in [0.2, 0.25) is 0 Å². The van der Waals surface area contributed by atoms with E-state index in [0.717, 1.165) is 126 Å². The van der Waals surface area contributed by atoms with Crippen LogP contribution in [0.15, 0.2) is 69.4 Å². The maximum absolute atomic E-state index is 14.9. The molecule has 6 aromatic rings. The number of aromatic nitrogens is 4. The van der Waals surface area contributed by atoms with Crippen molar-refractivity contribution in [1.82, 2.24) is 44.3 Å². The second-order valence-electron chi connectivity index (χ2n) is 23.2. The molecule has 3 aromatic heterocycles. The summed E-state index contributed by atoms with van der Waals surface area (Å²) in [6.45, 7) is 11.4. The number of fused-ring (bicyclic) bond motifs is 5. The van der Waals surface area contributed by atoms with Crippen LogP contribution in [0.5, 0.6) is 5.75 Å². The molecule has 0 unspecified atom stereocenters. The van der Waals surface area contributed by atoms with Crippen LogP contribution in [0.25, 0.3) is 38.2 Å². The van der Waals surface area contributed by atoms with E-state index in [2.05, 4.69) is 88.7 Å². The van der Waals surface area contributed by atoms with Crippen LogP contribution < -0.4 is 20.9 Å². The number of ether oxygens (including phenoxy) is 1. The van der Waals surface area contributed by atoms with Gasteiger partial charge in [0.15, 0.2) is 5.67 Å². The minimum atomic E-state index is -1.98. The number of aryl methyl sites for hydroxylation is 1. The molecule has 3 N–H and O–H groups in total. The number of carbonyl (C=O) groups excluding carboxylic acids is 3. The number of imidazole rings is 1. The molecule has 15 nitrogen and oxygen atoms in total. The number of nitrogens with one attached hydrogen (secondary N) is 2. The van der Waals surface area contributed by atoms with Crippen molar-refractivity contribution in [3.8, 4) is 16.2 Å². The second-order valence-corrected chi connectivity index (χ2v) is 24.9. The summed E-state index contributed by atoms with van der Waals surface area (Å²) in [5.74, 6) is 0.0995. The van der Waals surface area contributed by atoms with E-state index in [0.29, 0.717) is 24.2 Å². The molecule has 0 spiro atoms. The lowest BCUT2D eigenvalue weighted by atomic mass is 9.85. The van der Waals surface area contributed by atoms with Crippen molar-refractivity contribution in [1.29, 1.82) is 0 Å². The van der Waals surface area contributed by atoms with Gasteiger partial charge < -0.3 is 39.7 Å². The normalized spacial score (nSPS) is 20.3. The molecule has 5 heterocycles. The molecule has 2 saturated carbocycles. The van der Waals surface area contributed by atoms with E-state index in [1.165, 1.54) is 10.5 Å². The number of aliphatic hydroxyl groups excluding tert-OH is 1. The van der Waals surface area contributed by atoms with Gasteiger partial charge in [-0.1, -0.05) is 63.9 Å². The first-order valence-corrected chi connectivity index (χ1v) is 29.0. The second kappa shape index (κ2) is 22.2. The Labute approximate surface area is 456 Å². The summed E-state index contributed by atoms with van der Waals surface area (Å²) >= 11 is 5.23. The lowest BCUT2D eigenvalue weighted by molar-refractivity contribution is -0.145. The van der Waals surface area contributed by atoms with Gasteiger partial charge in [-0.2, -0.15) is 4.98 Å². The highest BCUT2D eigenvalue weighted by Crippen LogP contribution is 2.43. The number of amides is 3. The van der Waals surface area contributed by atoms with E-state index in [1.807, 2.05) is 42.8 Å². The van der Waals surface area contributed by atoms with E-state index in [1.54, 1.807) is 32.1 Å². The van der Waals surface area contributed by atoms with E-state index in [9.17, 15) is 28.7 Å². The highest BCUT2D eigenvalue weighted by atomic mass is 79.9. The quantitative estimate of drug-likeness (QED) is 0.0707. The van der Waals surface area contributed by atoms with Crippen LogP contribution in [0.3, 0.4) is 0 Å². The summed E-state index contributed by atoms with van der Waals surface area (Å²) in [6, 6.07) is 16.4. The minimum absolute atomic E-state index is 0.0466. The van der Waals surface area contributed by atoms with Crippen molar-refractivity contribution >= 4 is 72.7 Å². The number of halogens is 2. The average molecular weight is 1120 g/mol. The van der Waals surface area contributed by atoms with Crippen molar-refractivity contribution in [2.45, 2.75) is 147 Å². The largest absolute Gasteiger partial charge is 0.493 e. The highest BCUT2D eigenvalue weighted by molar-refractivity contribution is 9.10. The smallest absolute Gasteiger partial charge is 0.283 e. The number of alkyl halides is 1. The lowest BCUT2D eigenvalue weighted by Crippen LogP contribution is -2.59. The van der Waals surface area contributed by atoms with Crippen molar-refractivity contribution in [2.75, 3.05) is 53.4 Å². The molecule has 10 rings (SSSR count). The summed E-state index contributed by atoms with van der Waals surface area (Å²) in [4.78, 5) is 71.9. The Bertz CT molecular complexity index is 3170. The fraction of sp³-hybridized carbons (Fsp3) is 0.552. The first-order chi connectivity index (χ1) is 36.4. The topological polar surface area (TPSA) is 167 Å². The maximum atomic E-state index is 14.9. The number of piperidine rings is 1. The highest BCUT2D eigenvalue weighted by Gasteiger charge is 2.53. The van der Waals surface area contributed by atoms with Gasteiger partial charge in [0, 0.05) is 36.1 Å². The van der Waals surface area contributed by atoms with Gasteiger partial charge in [-0.3, -0.25) is 23.6 Å². The van der Waals surface area contributed by atoms with Crippen LogP contribution in [-0.2, 0) is 14.4 Å². The van der Waals surface area contributed by atoms with Crippen LogP contribution in [0, 0.1) is 12.3 Å². The fourth-order valence-electron chi connectivity index (χ4n) is 11.9. The molecule has 3 aromatic carbocycles. The third-order valence-electron chi connectivity index (χ3n) is 16.3. The summed E-state index contributed by atoms with van der Waals surface area (Å²) in [7, 11) is 4.15. The zero-order valence-electron chi connectivity index (χ0n) is 44.7. The van der Waals surface area contributed by atoms with Gasteiger partial charge in [-0.15, -0.1) is 11.3 Å². The number of carbonyl (C=O) groups is 3. The molecule has 4 aliphatic rings. The number of thiazole rings is 1. The number of rotatable bonds is 18. The number of aliphatic hydroxyl groups is 1. The fourth-order valence-corrected chi connectivity index (χ4v) is 13.3. The van der Waals surface area contributed by atoms with Gasteiger partial charge >= 0.3 is 0 Å². The number of hydrogen-bond acceptors (Lipinski definition) is 11. The predicted molar refractivity (Wildman–Crippen MR) is 300 cm³/mol. The number of nitrogens with zero attached hydrogens (tertiary/aromatic N) is 7. The predicted octanol–water partition coefficient (Wildman–Crippen LogP) is 9.25. The van der Waals surface area contributed by atoms with Gasteiger partial charge in [0.1, 0.15) is 17.8 Å². The molecule has 2 aliphatic carbocycles. The molecule has 4 fully saturated rings. The molecule has 0 bridgehead atoms. The van der Waals surface area contributed by atoms with Crippen molar-refractivity contribution < 1.29 is 28.6 Å². The monoisotopic (exact) mass is 1120 g/mol. The number of hydrogen-bond donors (Lipinski definition) is 3. The van der Waals surface area contributed by atoms with Gasteiger partial charge in [0.25, 0.3) is 11.5 Å². The SMILES string of the molecule is Cc1ncsc1-c1ccc([C@H](CCCN2CCC(c3cc4c(cc3OCCCN(C)C)n3c5cccc(Br)c5c(=O)nc3n4C3CCCC3)CC2)NC(=O)[C@@H]2C[C@@H](O)CN2C(=O)[C@@H](NC(=O)C2(F)CC2)C(C)(C)C)cc1. The van der Waals surface area contributed by atoms with Gasteiger partial charge in [0.2, 0.25) is 17.6 Å². The Balaban J connectivity index is 0.877. The molecular formula is C58H73BrFN9O6S. The van der Waals surface area contributed by atoms with Crippen LogP contribution in [-0.4, -0.2) is 134 Å². The van der Waals surface area contributed by atoms with Gasteiger partial charge in [-0.05, 0) is 161 Å². The Morgan fingerprint density at radius 3 is 2.39 bits per heavy atom. The van der Waals surface area contributed by atoms with Crippen molar-refractivity contribution in [3.05, 3.63) is 91.8 Å². The van der Waals surface area contributed by atoms with Gasteiger partial charge in [0.05, 0.1) is 56.8 Å². The van der Waals surface area contributed by atoms with E-state index in [4.69, 9.17) is 9.72 Å². The molecular weight excluding hydrogens is 1050 g/mol. The van der Waals surface area contributed by atoms with Crippen molar-refractivity contribution in [2.24, 2.45) is 5.41 Å². The molecule has 76 heavy (non-hydrogen) atoms. The minimum Gasteiger partial charge on any atom is -0.493 e. The molecule has 406 valence electrons. The summed E-state index contributed by atoms with van der Waals surface area (Å²) < 4.78 is 26.9. The Morgan fingerprint density at radius 2 is 1.72 bits per heavy atom. The Morgan fingerprint density at radius 1 is 0.987 bits per heavy atom. The Hall–Kier alpha value is -5.27. The number of β-amino-alcohol motifs (C(OH)–C–C–N with tert-alkyl or cyclic N) is 1. The van der Waals surface area contributed by atoms with Crippen LogP contribution >= 0.6 is 27.3 Å². The molecule has 0 radical (unpaired) electrons. The zero-order chi connectivity index (χ0) is 53.6. The maximum Gasteiger partial charge on any atom is 0.283 e. The van der Waals surface area contributed by atoms with E-state index >= 15 is 0 Å². The van der Waals surface area contributed by atoms with Crippen molar-refractivity contribution in [3.63, 3.8) is 0 Å². The summed E-state index contributed by atoms with van der Waals surface area (Å²) in [5, 5.41) is 17.5. The van der Waals surface area contributed by atoms with Gasteiger partial charge in [-0.25, -0.2) is 9.37 Å². The standard InChI is InChI=1S/C58H73BrFN9O6S/c1-35-50(76-34-61-35)38-19-17-37(18-20-38)43(62-52(71)47-30-40(70)33-67(47)54(73)51(57(2,3)4)63-55(74)58(60)23-24-58)15-10-26-66-27-21-36(22-28-66)41-31-45-46(32-48(41)75-29-11-25-65(5)6)69-44-16-9-14-42(59)49(44)53(72)64-56(69)68(45)39-12-7-8-13-39/h9,14,16-20,31-32,34,36,39-40,43,47,51,70H,7-8,10-13,15,21-30,33H2,1-6H3,(H,62,71)(H,63,74)/t40-,43+,47+,51-/m1/s1. The molecule has 18 heteroatoms. The summed E-state index contributed by atoms with van der Waals surface area (Å²) in [6.07, 6.45) is 7.84. The molecule has 4 atom stereocenters. The molecule has 3 amide bonds. The lowest BCUT2D eigenvalue weighted by Gasteiger charge is -2.36. The number of likely N-dealkylation sites (tertiary alicyclic amines) is 2. The Kier molecular flexibility index (Phi) is 15.8. The van der Waals surface area contributed by atoms with E-state index in [-0.39, 0.29) is 49.2 Å². The first kappa shape index (κ1) is 54.1. The number of benzene rings is 3. The first-order valence-electron chi connectivity index (χ1n) is 27.4. The third-order valence-corrected chi connectivity index (χ3v) is 18.0. The van der Waals surface area contributed by atoms with Crippen LogP contribution in [0.1, 0.15) is 133 Å². The zero-order valence-corrected chi connectivity index (χ0v) is 47.2. The molecule has 2 saturated heterocycles. The average Bonchev–Trinajstić information content (AvgIpc) is 3.86.